The molecule has 0 atom stereocenters. The Morgan fingerprint density at radius 2 is 1.70 bits per heavy atom. The SMILES string of the molecule is CCCCCCCCCCCCOC(=O)CCc1nc2c(Cl)c(C)[nH]n2n1. The van der Waals surface area contributed by atoms with Gasteiger partial charge in [0.2, 0.25) is 0 Å². The van der Waals surface area contributed by atoms with Crippen LogP contribution in [0.3, 0.4) is 0 Å². The summed E-state index contributed by atoms with van der Waals surface area (Å²) in [6.45, 7) is 4.62. The zero-order chi connectivity index (χ0) is 19.5. The van der Waals surface area contributed by atoms with Gasteiger partial charge in [0.15, 0.2) is 11.5 Å². The molecule has 2 rings (SSSR count). The van der Waals surface area contributed by atoms with Gasteiger partial charge >= 0.3 is 5.97 Å². The summed E-state index contributed by atoms with van der Waals surface area (Å²) in [5, 5.41) is 7.86. The van der Waals surface area contributed by atoms with E-state index in [4.69, 9.17) is 16.3 Å². The lowest BCUT2D eigenvalue weighted by Crippen LogP contribution is -2.07. The van der Waals surface area contributed by atoms with Crippen LogP contribution in [0.1, 0.15) is 89.1 Å². The Kier molecular flexibility index (Phi) is 9.67. The number of carbonyl (C=O) groups excluding carboxylic acids is 1. The van der Waals surface area contributed by atoms with E-state index in [0.29, 0.717) is 35.9 Å². The lowest BCUT2D eigenvalue weighted by Gasteiger charge is -2.04. The van der Waals surface area contributed by atoms with Crippen molar-refractivity contribution in [2.45, 2.75) is 90.9 Å². The maximum absolute atomic E-state index is 11.8. The van der Waals surface area contributed by atoms with Gasteiger partial charge in [0.25, 0.3) is 0 Å². The number of hydrogen-bond donors (Lipinski definition) is 1. The van der Waals surface area contributed by atoms with Crippen LogP contribution in [-0.4, -0.2) is 32.4 Å². The molecule has 0 saturated carbocycles. The largest absolute Gasteiger partial charge is 0.466 e. The highest BCUT2D eigenvalue weighted by molar-refractivity contribution is 6.34. The second-order valence-corrected chi connectivity index (χ2v) is 7.59. The maximum atomic E-state index is 11.8. The molecular weight excluding hydrogens is 364 g/mol. The first kappa shape index (κ1) is 21.7. The number of carbonyl (C=O) groups is 1. The fourth-order valence-electron chi connectivity index (χ4n) is 3.12. The summed E-state index contributed by atoms with van der Waals surface area (Å²) < 4.78 is 6.84. The highest BCUT2D eigenvalue weighted by atomic mass is 35.5. The van der Waals surface area contributed by atoms with Crippen LogP contribution in [0.4, 0.5) is 0 Å². The van der Waals surface area contributed by atoms with Gasteiger partial charge in [-0.3, -0.25) is 9.89 Å². The molecule has 0 aliphatic heterocycles. The number of H-pyrrole nitrogens is 1. The fraction of sp³-hybridized carbons (Fsp3) is 0.750. The second kappa shape index (κ2) is 12.0. The molecule has 2 heterocycles. The first-order chi connectivity index (χ1) is 13.1. The van der Waals surface area contributed by atoms with E-state index in [9.17, 15) is 4.79 Å². The van der Waals surface area contributed by atoms with Crippen LogP contribution in [0, 0.1) is 6.92 Å². The topological polar surface area (TPSA) is 72.3 Å². The Bertz CT molecular complexity index is 696. The summed E-state index contributed by atoms with van der Waals surface area (Å²) in [6, 6.07) is 0. The Labute approximate surface area is 167 Å². The van der Waals surface area contributed by atoms with E-state index >= 15 is 0 Å². The third-order valence-electron chi connectivity index (χ3n) is 4.76. The van der Waals surface area contributed by atoms with Gasteiger partial charge in [0.1, 0.15) is 5.02 Å². The van der Waals surface area contributed by atoms with Crippen LogP contribution in [-0.2, 0) is 16.0 Å². The first-order valence-electron chi connectivity index (χ1n) is 10.4. The Morgan fingerprint density at radius 1 is 1.07 bits per heavy atom. The van der Waals surface area contributed by atoms with Gasteiger partial charge in [-0.1, -0.05) is 76.3 Å². The van der Waals surface area contributed by atoms with Gasteiger partial charge in [-0.15, -0.1) is 5.10 Å². The number of unbranched alkanes of at least 4 members (excludes halogenated alkanes) is 9. The standard InChI is InChI=1S/C20H33ClN4O2/c1-3-4-5-6-7-8-9-10-11-12-15-27-18(26)14-13-17-22-20-19(21)16(2)23-25(20)24-17/h23H,3-15H2,1-2H3. The number of nitrogens with zero attached hydrogens (tertiary/aromatic N) is 3. The summed E-state index contributed by atoms with van der Waals surface area (Å²) in [5.41, 5.74) is 1.43. The van der Waals surface area contributed by atoms with Crippen molar-refractivity contribution in [3.05, 3.63) is 16.5 Å². The molecule has 0 amide bonds. The molecule has 0 spiro atoms. The highest BCUT2D eigenvalue weighted by Crippen LogP contribution is 2.19. The van der Waals surface area contributed by atoms with Gasteiger partial charge in [-0.05, 0) is 13.3 Å². The number of fused-ring (bicyclic) bond motifs is 1. The predicted octanol–water partition coefficient (Wildman–Crippen LogP) is 5.42. The molecule has 0 aliphatic carbocycles. The Morgan fingerprint density at radius 3 is 2.33 bits per heavy atom. The normalized spacial score (nSPS) is 11.4. The van der Waals surface area contributed by atoms with Crippen molar-refractivity contribution in [2.75, 3.05) is 6.61 Å². The molecule has 2 aromatic rings. The fourth-order valence-corrected chi connectivity index (χ4v) is 3.28. The average Bonchev–Trinajstić information content (AvgIpc) is 3.17. The quantitative estimate of drug-likeness (QED) is 0.342. The lowest BCUT2D eigenvalue weighted by atomic mass is 10.1. The zero-order valence-corrected chi connectivity index (χ0v) is 17.5. The van der Waals surface area contributed by atoms with Crippen molar-refractivity contribution in [3.63, 3.8) is 0 Å². The third kappa shape index (κ3) is 7.53. The summed E-state index contributed by atoms with van der Waals surface area (Å²) >= 11 is 6.13. The number of rotatable bonds is 14. The van der Waals surface area contributed by atoms with E-state index in [-0.39, 0.29) is 5.97 Å². The van der Waals surface area contributed by atoms with E-state index in [1.165, 1.54) is 51.4 Å². The van der Waals surface area contributed by atoms with E-state index in [2.05, 4.69) is 22.1 Å². The van der Waals surface area contributed by atoms with Crippen LogP contribution in [0.2, 0.25) is 5.02 Å². The number of nitrogens with one attached hydrogen (secondary N) is 1. The number of hydrogen-bond acceptors (Lipinski definition) is 4. The molecule has 0 aromatic carbocycles. The van der Waals surface area contributed by atoms with Gasteiger partial charge < -0.3 is 4.74 Å². The minimum absolute atomic E-state index is 0.188. The Hall–Kier alpha value is -1.56. The zero-order valence-electron chi connectivity index (χ0n) is 16.7. The summed E-state index contributed by atoms with van der Waals surface area (Å²) in [7, 11) is 0. The molecule has 152 valence electrons. The van der Waals surface area contributed by atoms with Crippen molar-refractivity contribution < 1.29 is 9.53 Å². The van der Waals surface area contributed by atoms with Crippen LogP contribution < -0.4 is 0 Å². The first-order valence-corrected chi connectivity index (χ1v) is 10.7. The maximum Gasteiger partial charge on any atom is 0.306 e. The van der Waals surface area contributed by atoms with Crippen molar-refractivity contribution >= 4 is 23.2 Å². The molecule has 0 unspecified atom stereocenters. The van der Waals surface area contributed by atoms with Crippen molar-refractivity contribution in [1.82, 2.24) is 19.8 Å². The molecule has 6 nitrogen and oxygen atoms in total. The number of ether oxygens (including phenoxy) is 1. The molecule has 7 heteroatoms. The minimum atomic E-state index is -0.188. The monoisotopic (exact) mass is 396 g/mol. The molecule has 0 aliphatic rings. The van der Waals surface area contributed by atoms with Crippen LogP contribution in [0.5, 0.6) is 0 Å². The third-order valence-corrected chi connectivity index (χ3v) is 5.22. The van der Waals surface area contributed by atoms with Crippen LogP contribution >= 0.6 is 11.6 Å². The molecular formula is C20H33ClN4O2. The molecule has 2 aromatic heterocycles. The highest BCUT2D eigenvalue weighted by Gasteiger charge is 2.13. The molecule has 0 saturated heterocycles. The van der Waals surface area contributed by atoms with Crippen molar-refractivity contribution in [1.29, 1.82) is 0 Å². The van der Waals surface area contributed by atoms with Gasteiger partial charge in [0.05, 0.1) is 18.7 Å². The number of aryl methyl sites for hydroxylation is 2. The number of halogens is 1. The average molecular weight is 397 g/mol. The summed E-state index contributed by atoms with van der Waals surface area (Å²) in [5.74, 6) is 0.408. The van der Waals surface area contributed by atoms with Gasteiger partial charge in [0, 0.05) is 6.42 Å². The summed E-state index contributed by atoms with van der Waals surface area (Å²) in [4.78, 5) is 16.2. The van der Waals surface area contributed by atoms with Gasteiger partial charge in [-0.2, -0.15) is 4.63 Å². The van der Waals surface area contributed by atoms with E-state index < -0.39 is 0 Å². The predicted molar refractivity (Wildman–Crippen MR) is 108 cm³/mol. The molecule has 1 N–H and O–H groups in total. The van der Waals surface area contributed by atoms with E-state index in [0.717, 1.165) is 18.5 Å². The number of aromatic nitrogens is 4. The minimum Gasteiger partial charge on any atom is -0.466 e. The smallest absolute Gasteiger partial charge is 0.306 e. The van der Waals surface area contributed by atoms with Crippen LogP contribution in [0.25, 0.3) is 5.65 Å². The van der Waals surface area contributed by atoms with E-state index in [1.54, 1.807) is 4.63 Å². The van der Waals surface area contributed by atoms with Crippen molar-refractivity contribution in [3.8, 4) is 0 Å². The molecule has 27 heavy (non-hydrogen) atoms. The van der Waals surface area contributed by atoms with Crippen LogP contribution in [0.15, 0.2) is 0 Å². The lowest BCUT2D eigenvalue weighted by molar-refractivity contribution is -0.143. The van der Waals surface area contributed by atoms with Crippen molar-refractivity contribution in [2.24, 2.45) is 0 Å². The van der Waals surface area contributed by atoms with E-state index in [1.807, 2.05) is 6.92 Å². The molecule has 0 radical (unpaired) electrons. The molecule has 0 fully saturated rings. The molecule has 0 bridgehead atoms. The number of aromatic amines is 1. The Balaban J connectivity index is 1.47. The second-order valence-electron chi connectivity index (χ2n) is 7.22. The summed E-state index contributed by atoms with van der Waals surface area (Å²) in [6.07, 6.45) is 13.5. The van der Waals surface area contributed by atoms with Gasteiger partial charge in [-0.25, -0.2) is 4.98 Å². The number of esters is 1.